The van der Waals surface area contributed by atoms with Crippen LogP contribution in [0.15, 0.2) is 24.3 Å². The van der Waals surface area contributed by atoms with Crippen LogP contribution in [0.2, 0.25) is 0 Å². The zero-order valence-corrected chi connectivity index (χ0v) is 18.5. The second kappa shape index (κ2) is 11.1. The Morgan fingerprint density at radius 2 is 1.66 bits per heavy atom. The summed E-state index contributed by atoms with van der Waals surface area (Å²) in [5, 5.41) is 0. The Kier molecular flexibility index (Phi) is 9.12. The number of halogens is 1. The number of benzene rings is 1. The van der Waals surface area contributed by atoms with Gasteiger partial charge in [0, 0.05) is 37.8 Å². The second-order valence-electron chi connectivity index (χ2n) is 8.73. The van der Waals surface area contributed by atoms with Crippen molar-refractivity contribution in [3.63, 3.8) is 0 Å². The minimum Gasteiger partial charge on any atom is -0.381 e. The fraction of sp³-hybridized carbons (Fsp3) is 0.652. The fourth-order valence-corrected chi connectivity index (χ4v) is 4.36. The number of nitrogens with zero attached hydrogens (tertiary/aromatic N) is 1. The minimum absolute atomic E-state index is 0. The van der Waals surface area contributed by atoms with Gasteiger partial charge in [-0.15, -0.1) is 12.4 Å². The molecule has 29 heavy (non-hydrogen) atoms. The minimum atomic E-state index is -0.440. The van der Waals surface area contributed by atoms with Gasteiger partial charge in [-0.1, -0.05) is 38.1 Å². The molecule has 0 spiro atoms. The molecule has 1 aromatic carbocycles. The Bertz CT molecular complexity index is 663. The molecule has 162 valence electrons. The third-order valence-corrected chi connectivity index (χ3v) is 6.12. The number of amides is 1. The molecule has 1 atom stereocenters. The largest absolute Gasteiger partial charge is 0.381 e. The van der Waals surface area contributed by atoms with E-state index in [1.165, 1.54) is 5.56 Å². The molecule has 1 unspecified atom stereocenters. The van der Waals surface area contributed by atoms with Gasteiger partial charge >= 0.3 is 0 Å². The molecule has 2 heterocycles. The van der Waals surface area contributed by atoms with Gasteiger partial charge in [-0.3, -0.25) is 9.59 Å². The summed E-state index contributed by atoms with van der Waals surface area (Å²) in [6.07, 6.45) is 4.18. The van der Waals surface area contributed by atoms with Gasteiger partial charge in [0.15, 0.2) is 5.78 Å². The number of likely N-dealkylation sites (tertiary alicyclic amines) is 1. The zero-order valence-electron chi connectivity index (χ0n) is 17.6. The summed E-state index contributed by atoms with van der Waals surface area (Å²) in [6.45, 7) is 7.02. The third-order valence-electron chi connectivity index (χ3n) is 6.12. The Balaban J connectivity index is 0.00000300. The average Bonchev–Trinajstić information content (AvgIpc) is 2.73. The number of hydrogen-bond donors (Lipinski definition) is 1. The van der Waals surface area contributed by atoms with Gasteiger partial charge in [0.1, 0.15) is 0 Å². The van der Waals surface area contributed by atoms with Gasteiger partial charge in [0.2, 0.25) is 5.91 Å². The van der Waals surface area contributed by atoms with E-state index < -0.39 is 6.04 Å². The molecule has 0 aliphatic carbocycles. The van der Waals surface area contributed by atoms with Crippen molar-refractivity contribution in [3.8, 4) is 0 Å². The fourth-order valence-electron chi connectivity index (χ4n) is 4.36. The quantitative estimate of drug-likeness (QED) is 0.712. The highest BCUT2D eigenvalue weighted by Crippen LogP contribution is 2.25. The van der Waals surface area contributed by atoms with Crippen molar-refractivity contribution >= 4 is 24.1 Å². The maximum absolute atomic E-state index is 12.8. The molecule has 0 aromatic heterocycles. The first-order valence-electron chi connectivity index (χ1n) is 10.7. The number of nitrogens with two attached hydrogens (primary N) is 1. The van der Waals surface area contributed by atoms with Crippen molar-refractivity contribution in [3.05, 3.63) is 35.4 Å². The third kappa shape index (κ3) is 6.27. The lowest BCUT2D eigenvalue weighted by molar-refractivity contribution is -0.136. The number of rotatable bonds is 6. The van der Waals surface area contributed by atoms with Crippen LogP contribution in [-0.2, 0) is 16.0 Å². The summed E-state index contributed by atoms with van der Waals surface area (Å²) < 4.78 is 5.37. The van der Waals surface area contributed by atoms with Gasteiger partial charge in [-0.25, -0.2) is 0 Å². The van der Waals surface area contributed by atoms with Gasteiger partial charge in [0.25, 0.3) is 0 Å². The predicted molar refractivity (Wildman–Crippen MR) is 117 cm³/mol. The van der Waals surface area contributed by atoms with Crippen LogP contribution in [0.5, 0.6) is 0 Å². The maximum atomic E-state index is 12.8. The van der Waals surface area contributed by atoms with Crippen LogP contribution in [-0.4, -0.2) is 48.9 Å². The van der Waals surface area contributed by atoms with Crippen LogP contribution in [0.3, 0.4) is 0 Å². The number of hydrogen-bond acceptors (Lipinski definition) is 4. The van der Waals surface area contributed by atoms with E-state index in [1.54, 1.807) is 0 Å². The molecular formula is C23H35ClN2O3. The van der Waals surface area contributed by atoms with Gasteiger partial charge < -0.3 is 15.4 Å². The molecule has 2 aliphatic heterocycles. The monoisotopic (exact) mass is 422 g/mol. The Morgan fingerprint density at radius 1 is 1.07 bits per heavy atom. The summed E-state index contributed by atoms with van der Waals surface area (Å²) >= 11 is 0. The molecule has 2 aliphatic rings. The lowest BCUT2D eigenvalue weighted by Crippen LogP contribution is -2.51. The average molecular weight is 423 g/mol. The number of ether oxygens (including phenoxy) is 1. The van der Waals surface area contributed by atoms with Crippen molar-refractivity contribution in [1.29, 1.82) is 0 Å². The van der Waals surface area contributed by atoms with E-state index >= 15 is 0 Å². The van der Waals surface area contributed by atoms with Crippen molar-refractivity contribution in [2.45, 2.75) is 52.0 Å². The Morgan fingerprint density at radius 3 is 2.21 bits per heavy atom. The number of Topliss-reactive ketones (excluding diaryl/α,β-unsaturated/α-hetero) is 1. The first-order chi connectivity index (χ1) is 13.5. The highest BCUT2D eigenvalue weighted by Gasteiger charge is 2.33. The van der Waals surface area contributed by atoms with Crippen LogP contribution < -0.4 is 5.73 Å². The van der Waals surface area contributed by atoms with Crippen LogP contribution >= 0.6 is 12.4 Å². The first-order valence-corrected chi connectivity index (χ1v) is 10.7. The van der Waals surface area contributed by atoms with Crippen molar-refractivity contribution < 1.29 is 14.3 Å². The second-order valence-corrected chi connectivity index (χ2v) is 8.73. The summed E-state index contributed by atoms with van der Waals surface area (Å²) in [4.78, 5) is 27.5. The first kappa shape index (κ1) is 23.8. The molecule has 6 heteroatoms. The molecule has 2 N–H and O–H groups in total. The van der Waals surface area contributed by atoms with Gasteiger partial charge in [-0.05, 0) is 49.5 Å². The Labute approximate surface area is 180 Å². The number of ketones is 1. The maximum Gasteiger partial charge on any atom is 0.239 e. The van der Waals surface area contributed by atoms with Crippen LogP contribution in [0.1, 0.15) is 55.5 Å². The summed E-state index contributed by atoms with van der Waals surface area (Å²) in [5.41, 5.74) is 8.30. The molecule has 1 aromatic rings. The van der Waals surface area contributed by atoms with Crippen molar-refractivity contribution in [2.75, 3.05) is 26.3 Å². The van der Waals surface area contributed by atoms with Gasteiger partial charge in [-0.2, -0.15) is 0 Å². The predicted octanol–water partition coefficient (Wildman–Crippen LogP) is 3.48. The summed E-state index contributed by atoms with van der Waals surface area (Å²) in [7, 11) is 0. The van der Waals surface area contributed by atoms with Crippen LogP contribution in [0.25, 0.3) is 0 Å². The molecule has 5 nitrogen and oxygen atoms in total. The molecular weight excluding hydrogens is 388 g/mol. The van der Waals surface area contributed by atoms with Crippen LogP contribution in [0, 0.1) is 17.8 Å². The molecule has 3 rings (SSSR count). The standard InChI is InChI=1S/C23H34N2O3.ClH/c1-16(2)15-17-3-5-19(6-4-17)22(26)20-7-11-25(12-8-20)23(27)21(24)18-9-13-28-14-10-18;/h3-6,16,18,20-21H,7-15,24H2,1-2H3;1H. The van der Waals surface area contributed by atoms with E-state index in [4.69, 9.17) is 10.5 Å². The smallest absolute Gasteiger partial charge is 0.239 e. The zero-order chi connectivity index (χ0) is 20.1. The van der Waals surface area contributed by atoms with E-state index in [9.17, 15) is 9.59 Å². The van der Waals surface area contributed by atoms with E-state index in [1.807, 2.05) is 17.0 Å². The van der Waals surface area contributed by atoms with Crippen molar-refractivity contribution in [1.82, 2.24) is 4.90 Å². The normalized spacial score (nSPS) is 19.7. The lowest BCUT2D eigenvalue weighted by Gasteiger charge is -2.35. The van der Waals surface area contributed by atoms with E-state index in [2.05, 4.69) is 26.0 Å². The lowest BCUT2D eigenvalue weighted by atomic mass is 9.87. The topological polar surface area (TPSA) is 72.6 Å². The van der Waals surface area contributed by atoms with Crippen LogP contribution in [0.4, 0.5) is 0 Å². The van der Waals surface area contributed by atoms with E-state index in [0.29, 0.717) is 32.2 Å². The molecule has 0 saturated carbocycles. The molecule has 0 radical (unpaired) electrons. The number of piperidine rings is 1. The number of carbonyl (C=O) groups excluding carboxylic acids is 2. The van der Waals surface area contributed by atoms with Gasteiger partial charge in [0.05, 0.1) is 6.04 Å². The highest BCUT2D eigenvalue weighted by atomic mass is 35.5. The highest BCUT2D eigenvalue weighted by molar-refractivity contribution is 5.98. The molecule has 2 saturated heterocycles. The molecule has 2 fully saturated rings. The SMILES string of the molecule is CC(C)Cc1ccc(C(=O)C2CCN(C(=O)C(N)C3CCOCC3)CC2)cc1.Cl. The molecule has 0 bridgehead atoms. The van der Waals surface area contributed by atoms with E-state index in [-0.39, 0.29) is 35.9 Å². The number of carbonyl (C=O) groups is 2. The van der Waals surface area contributed by atoms with Crippen molar-refractivity contribution in [2.24, 2.45) is 23.5 Å². The van der Waals surface area contributed by atoms with E-state index in [0.717, 1.165) is 37.7 Å². The summed E-state index contributed by atoms with van der Waals surface area (Å²) in [6, 6.07) is 7.61. The Hall–Kier alpha value is -1.43. The summed E-state index contributed by atoms with van der Waals surface area (Å²) in [5.74, 6) is 1.06. The molecule has 1 amide bonds.